The third kappa shape index (κ3) is 4.65. The lowest BCUT2D eigenvalue weighted by molar-refractivity contribution is -0.119. The van der Waals surface area contributed by atoms with Crippen LogP contribution >= 0.6 is 11.8 Å². The average Bonchev–Trinajstić information content (AvgIpc) is 3.12. The molecule has 2 aromatic heterocycles. The van der Waals surface area contributed by atoms with E-state index in [0.29, 0.717) is 16.7 Å². The van der Waals surface area contributed by atoms with Crippen molar-refractivity contribution in [1.29, 1.82) is 0 Å². The van der Waals surface area contributed by atoms with Crippen molar-refractivity contribution in [3.8, 4) is 22.8 Å². The number of primary amides is 1. The molecular formula is C18H18N6O3S. The number of hydrogen-bond donors (Lipinski definition) is 2. The Hall–Kier alpha value is -3.40. The van der Waals surface area contributed by atoms with Crippen LogP contribution in [-0.4, -0.2) is 44.5 Å². The number of imide groups is 1. The SMILES string of the molecule is COc1ccc(-n2c(SCCC(=O)NC(N)=O)nnc2-c2ccncc2)cc1. The molecule has 0 aliphatic rings. The number of urea groups is 1. The van der Waals surface area contributed by atoms with E-state index in [-0.39, 0.29) is 6.42 Å². The van der Waals surface area contributed by atoms with Gasteiger partial charge in [-0.15, -0.1) is 10.2 Å². The van der Waals surface area contributed by atoms with Crippen molar-refractivity contribution in [3.63, 3.8) is 0 Å². The molecule has 10 heteroatoms. The average molecular weight is 398 g/mol. The normalized spacial score (nSPS) is 10.5. The molecule has 2 heterocycles. The van der Waals surface area contributed by atoms with Gasteiger partial charge in [0.05, 0.1) is 7.11 Å². The van der Waals surface area contributed by atoms with Gasteiger partial charge in [0, 0.05) is 35.8 Å². The largest absolute Gasteiger partial charge is 0.497 e. The molecule has 28 heavy (non-hydrogen) atoms. The maximum atomic E-state index is 11.6. The van der Waals surface area contributed by atoms with Gasteiger partial charge in [0.15, 0.2) is 11.0 Å². The molecule has 0 saturated carbocycles. The number of nitrogens with two attached hydrogens (primary N) is 1. The smallest absolute Gasteiger partial charge is 0.318 e. The lowest BCUT2D eigenvalue weighted by Crippen LogP contribution is -2.35. The van der Waals surface area contributed by atoms with Gasteiger partial charge in [0.25, 0.3) is 0 Å². The molecule has 0 bridgehead atoms. The molecule has 0 atom stereocenters. The lowest BCUT2D eigenvalue weighted by atomic mass is 10.2. The van der Waals surface area contributed by atoms with E-state index in [9.17, 15) is 9.59 Å². The Kier molecular flexibility index (Phi) is 6.22. The quantitative estimate of drug-likeness (QED) is 0.583. The molecule has 1 aromatic carbocycles. The van der Waals surface area contributed by atoms with Crippen LogP contribution < -0.4 is 15.8 Å². The highest BCUT2D eigenvalue weighted by atomic mass is 32.2. The zero-order chi connectivity index (χ0) is 19.9. The minimum Gasteiger partial charge on any atom is -0.497 e. The molecule has 0 aliphatic carbocycles. The van der Waals surface area contributed by atoms with Crippen molar-refractivity contribution in [2.45, 2.75) is 11.6 Å². The molecule has 0 aliphatic heterocycles. The molecule has 3 N–H and O–H groups in total. The topological polar surface area (TPSA) is 125 Å². The van der Waals surface area contributed by atoms with E-state index in [1.54, 1.807) is 19.5 Å². The number of ether oxygens (including phenoxy) is 1. The number of nitrogens with zero attached hydrogens (tertiary/aromatic N) is 4. The highest BCUT2D eigenvalue weighted by molar-refractivity contribution is 7.99. The van der Waals surface area contributed by atoms with Crippen LogP contribution in [-0.2, 0) is 4.79 Å². The van der Waals surface area contributed by atoms with E-state index in [2.05, 4.69) is 15.2 Å². The molecule has 9 nitrogen and oxygen atoms in total. The first-order chi connectivity index (χ1) is 13.6. The second kappa shape index (κ2) is 9.00. The lowest BCUT2D eigenvalue weighted by Gasteiger charge is -2.11. The third-order valence-electron chi connectivity index (χ3n) is 3.73. The summed E-state index contributed by atoms with van der Waals surface area (Å²) in [4.78, 5) is 26.4. The van der Waals surface area contributed by atoms with Gasteiger partial charge < -0.3 is 10.5 Å². The van der Waals surface area contributed by atoms with E-state index in [1.807, 2.05) is 46.3 Å². The second-order valence-electron chi connectivity index (χ2n) is 5.59. The van der Waals surface area contributed by atoms with Crippen molar-refractivity contribution in [2.75, 3.05) is 12.9 Å². The molecule has 0 unspecified atom stereocenters. The third-order valence-corrected chi connectivity index (χ3v) is 4.66. The Morgan fingerprint density at radius 1 is 1.14 bits per heavy atom. The van der Waals surface area contributed by atoms with Crippen molar-refractivity contribution < 1.29 is 14.3 Å². The van der Waals surface area contributed by atoms with Crippen LogP contribution in [0.3, 0.4) is 0 Å². The molecule has 144 valence electrons. The summed E-state index contributed by atoms with van der Waals surface area (Å²) in [5, 5.41) is 11.2. The first kappa shape index (κ1) is 19.4. The van der Waals surface area contributed by atoms with Gasteiger partial charge in [0.1, 0.15) is 5.75 Å². The summed E-state index contributed by atoms with van der Waals surface area (Å²) in [6.45, 7) is 0. The van der Waals surface area contributed by atoms with Crippen LogP contribution in [0.15, 0.2) is 53.9 Å². The standard InChI is InChI=1S/C18H18N6O3S/c1-27-14-4-2-13(3-5-14)24-16(12-6-9-20-10-7-12)22-23-18(24)28-11-8-15(25)21-17(19)26/h2-7,9-10H,8,11H2,1H3,(H3,19,21,25,26). The fraction of sp³-hybridized carbons (Fsp3) is 0.167. The van der Waals surface area contributed by atoms with Crippen LogP contribution in [0.5, 0.6) is 5.75 Å². The number of methoxy groups -OCH3 is 1. The van der Waals surface area contributed by atoms with Crippen molar-refractivity contribution in [1.82, 2.24) is 25.1 Å². The summed E-state index contributed by atoms with van der Waals surface area (Å²) >= 11 is 1.35. The fourth-order valence-corrected chi connectivity index (χ4v) is 3.34. The Balaban J connectivity index is 1.88. The Labute approximate surface area is 165 Å². The Morgan fingerprint density at radius 2 is 1.86 bits per heavy atom. The highest BCUT2D eigenvalue weighted by Crippen LogP contribution is 2.28. The Bertz CT molecular complexity index is 959. The summed E-state index contributed by atoms with van der Waals surface area (Å²) in [6.07, 6.45) is 3.49. The number of amides is 3. The molecule has 0 fully saturated rings. The van der Waals surface area contributed by atoms with Crippen LogP contribution in [0.25, 0.3) is 17.1 Å². The minimum atomic E-state index is -0.864. The highest BCUT2D eigenvalue weighted by Gasteiger charge is 2.17. The molecule has 3 amide bonds. The number of nitrogens with one attached hydrogen (secondary N) is 1. The first-order valence-electron chi connectivity index (χ1n) is 8.31. The zero-order valence-corrected chi connectivity index (χ0v) is 15.8. The van der Waals surface area contributed by atoms with E-state index >= 15 is 0 Å². The van der Waals surface area contributed by atoms with E-state index < -0.39 is 11.9 Å². The number of benzene rings is 1. The maximum Gasteiger partial charge on any atom is 0.318 e. The fourth-order valence-electron chi connectivity index (χ4n) is 2.45. The van der Waals surface area contributed by atoms with Crippen molar-refractivity contribution >= 4 is 23.7 Å². The molecular weight excluding hydrogens is 380 g/mol. The summed E-state index contributed by atoms with van der Waals surface area (Å²) in [6, 6.07) is 10.3. The second-order valence-corrected chi connectivity index (χ2v) is 6.65. The molecule has 0 saturated heterocycles. The summed E-state index contributed by atoms with van der Waals surface area (Å²) in [5.74, 6) is 1.35. The van der Waals surface area contributed by atoms with Gasteiger partial charge in [-0.3, -0.25) is 19.7 Å². The van der Waals surface area contributed by atoms with Crippen LogP contribution in [0.2, 0.25) is 0 Å². The molecule has 3 aromatic rings. The van der Waals surface area contributed by atoms with Gasteiger partial charge in [-0.25, -0.2) is 4.79 Å². The van der Waals surface area contributed by atoms with Gasteiger partial charge in [-0.1, -0.05) is 11.8 Å². The molecule has 0 radical (unpaired) electrons. The number of pyridine rings is 1. The number of carbonyl (C=O) groups excluding carboxylic acids is 2. The summed E-state index contributed by atoms with van der Waals surface area (Å²) < 4.78 is 7.11. The van der Waals surface area contributed by atoms with E-state index in [4.69, 9.17) is 10.5 Å². The summed E-state index contributed by atoms with van der Waals surface area (Å²) in [7, 11) is 1.61. The van der Waals surface area contributed by atoms with Gasteiger partial charge in [0.2, 0.25) is 5.91 Å². The molecule has 3 rings (SSSR count). The van der Waals surface area contributed by atoms with Crippen molar-refractivity contribution in [2.24, 2.45) is 5.73 Å². The van der Waals surface area contributed by atoms with Crippen LogP contribution in [0.1, 0.15) is 6.42 Å². The van der Waals surface area contributed by atoms with Gasteiger partial charge in [-0.2, -0.15) is 0 Å². The number of aromatic nitrogens is 4. The monoisotopic (exact) mass is 398 g/mol. The minimum absolute atomic E-state index is 0.119. The first-order valence-corrected chi connectivity index (χ1v) is 9.29. The van der Waals surface area contributed by atoms with E-state index in [0.717, 1.165) is 17.0 Å². The van der Waals surface area contributed by atoms with Gasteiger partial charge in [-0.05, 0) is 36.4 Å². The Morgan fingerprint density at radius 3 is 2.50 bits per heavy atom. The number of hydrogen-bond acceptors (Lipinski definition) is 7. The number of thioether (sulfide) groups is 1. The number of rotatable bonds is 7. The predicted octanol–water partition coefficient (Wildman–Crippen LogP) is 2.01. The molecule has 0 spiro atoms. The van der Waals surface area contributed by atoms with E-state index in [1.165, 1.54) is 11.8 Å². The van der Waals surface area contributed by atoms with Crippen molar-refractivity contribution in [3.05, 3.63) is 48.8 Å². The maximum absolute atomic E-state index is 11.6. The number of carbonyl (C=O) groups is 2. The van der Waals surface area contributed by atoms with Crippen LogP contribution in [0.4, 0.5) is 4.79 Å². The van der Waals surface area contributed by atoms with Crippen LogP contribution in [0, 0.1) is 0 Å². The predicted molar refractivity (Wildman–Crippen MR) is 104 cm³/mol. The summed E-state index contributed by atoms with van der Waals surface area (Å²) in [5.41, 5.74) is 6.66. The zero-order valence-electron chi connectivity index (χ0n) is 15.0. The van der Waals surface area contributed by atoms with Gasteiger partial charge >= 0.3 is 6.03 Å².